The first kappa shape index (κ1) is 10.9. The molecule has 0 saturated heterocycles. The van der Waals surface area contributed by atoms with Crippen LogP contribution in [0, 0.1) is 0 Å². The van der Waals surface area contributed by atoms with Crippen LogP contribution in [0.15, 0.2) is 24.8 Å². The van der Waals surface area contributed by atoms with Crippen molar-refractivity contribution in [2.75, 3.05) is 6.61 Å². The number of hydrogen-bond acceptors (Lipinski definition) is 3. The van der Waals surface area contributed by atoms with Crippen LogP contribution in [0.25, 0.3) is 0 Å². The van der Waals surface area contributed by atoms with Crippen molar-refractivity contribution in [2.45, 2.75) is 19.4 Å². The summed E-state index contributed by atoms with van der Waals surface area (Å²) in [6.45, 7) is 8.99. The average molecular weight is 170 g/mol. The van der Waals surface area contributed by atoms with E-state index >= 15 is 0 Å². The van der Waals surface area contributed by atoms with Crippen molar-refractivity contribution in [1.82, 2.24) is 0 Å². The second-order valence-corrected chi connectivity index (χ2v) is 2.33. The highest BCUT2D eigenvalue weighted by Crippen LogP contribution is 2.04. The summed E-state index contributed by atoms with van der Waals surface area (Å²) in [4.78, 5) is 10.8. The highest BCUT2D eigenvalue weighted by molar-refractivity contribution is 5.74. The van der Waals surface area contributed by atoms with Crippen LogP contribution in [-0.2, 0) is 9.53 Å². The minimum atomic E-state index is -1.12. The van der Waals surface area contributed by atoms with Gasteiger partial charge in [0, 0.05) is 6.42 Å². The first-order valence-electron chi connectivity index (χ1n) is 3.76. The highest BCUT2D eigenvalue weighted by Gasteiger charge is 2.15. The molecule has 0 aromatic rings. The van der Waals surface area contributed by atoms with Gasteiger partial charge in [0.1, 0.15) is 0 Å². The number of aliphatic hydroxyl groups excluding tert-OH is 1. The van der Waals surface area contributed by atoms with Gasteiger partial charge in [0.15, 0.2) is 6.10 Å². The molecule has 0 heterocycles. The van der Waals surface area contributed by atoms with Gasteiger partial charge in [-0.1, -0.05) is 24.8 Å². The predicted octanol–water partition coefficient (Wildman–Crippen LogP) is 1.04. The molecular weight excluding hydrogens is 156 g/mol. The van der Waals surface area contributed by atoms with Gasteiger partial charge in [-0.05, 0) is 6.92 Å². The van der Waals surface area contributed by atoms with E-state index in [0.717, 1.165) is 0 Å². The molecule has 3 heteroatoms. The van der Waals surface area contributed by atoms with Gasteiger partial charge in [-0.15, -0.1) is 0 Å². The number of hydrogen-bond donors (Lipinski definition) is 1. The van der Waals surface area contributed by atoms with Crippen molar-refractivity contribution in [1.29, 1.82) is 0 Å². The Bertz CT molecular complexity index is 184. The molecule has 0 aromatic heterocycles. The number of carbonyl (C=O) groups excluding carboxylic acids is 1. The third-order valence-electron chi connectivity index (χ3n) is 1.30. The molecule has 0 radical (unpaired) electrons. The molecule has 0 amide bonds. The van der Waals surface area contributed by atoms with Gasteiger partial charge in [-0.3, -0.25) is 0 Å². The number of esters is 1. The first-order chi connectivity index (χ1) is 5.61. The Kier molecular flexibility index (Phi) is 5.04. The predicted molar refractivity (Wildman–Crippen MR) is 46.6 cm³/mol. The fourth-order valence-electron chi connectivity index (χ4n) is 0.653. The van der Waals surface area contributed by atoms with Gasteiger partial charge in [0.25, 0.3) is 0 Å². The standard InChI is InChI=1S/C9H14O3/c1-4-7(3)6-8(10)9(11)12-5-2/h4,8,10H,1,3,5-6H2,2H3/t8-/m1/s1. The van der Waals surface area contributed by atoms with Gasteiger partial charge in [0.05, 0.1) is 6.61 Å². The molecule has 0 aliphatic rings. The van der Waals surface area contributed by atoms with E-state index in [2.05, 4.69) is 17.9 Å². The molecule has 0 aliphatic carbocycles. The van der Waals surface area contributed by atoms with Gasteiger partial charge < -0.3 is 9.84 Å². The van der Waals surface area contributed by atoms with Gasteiger partial charge in [-0.25, -0.2) is 4.79 Å². The molecule has 1 atom stereocenters. The lowest BCUT2D eigenvalue weighted by Gasteiger charge is -2.08. The third kappa shape index (κ3) is 3.93. The second-order valence-electron chi connectivity index (χ2n) is 2.33. The van der Waals surface area contributed by atoms with E-state index in [1.54, 1.807) is 6.92 Å². The minimum Gasteiger partial charge on any atom is -0.464 e. The fourth-order valence-corrected chi connectivity index (χ4v) is 0.653. The number of ether oxygens (including phenoxy) is 1. The van der Waals surface area contributed by atoms with E-state index in [9.17, 15) is 4.79 Å². The van der Waals surface area contributed by atoms with Crippen LogP contribution >= 0.6 is 0 Å². The van der Waals surface area contributed by atoms with Crippen LogP contribution in [0.3, 0.4) is 0 Å². The Labute approximate surface area is 72.3 Å². The first-order valence-corrected chi connectivity index (χ1v) is 3.76. The topological polar surface area (TPSA) is 46.5 Å². The SMILES string of the molecule is C=CC(=C)C[C@@H](O)C(=O)OCC. The highest BCUT2D eigenvalue weighted by atomic mass is 16.5. The molecule has 0 saturated carbocycles. The number of allylic oxidation sites excluding steroid dienone is 1. The molecule has 0 aromatic carbocycles. The number of carbonyl (C=O) groups is 1. The maximum atomic E-state index is 10.8. The van der Waals surface area contributed by atoms with Crippen molar-refractivity contribution in [3.63, 3.8) is 0 Å². The van der Waals surface area contributed by atoms with Crippen molar-refractivity contribution in [2.24, 2.45) is 0 Å². The molecule has 0 aliphatic heterocycles. The monoisotopic (exact) mass is 170 g/mol. The van der Waals surface area contributed by atoms with E-state index in [-0.39, 0.29) is 13.0 Å². The summed E-state index contributed by atoms with van der Waals surface area (Å²) >= 11 is 0. The fraction of sp³-hybridized carbons (Fsp3) is 0.444. The summed E-state index contributed by atoms with van der Waals surface area (Å²) in [5, 5.41) is 9.17. The summed E-state index contributed by atoms with van der Waals surface area (Å²) in [5.41, 5.74) is 0.621. The van der Waals surface area contributed by atoms with Crippen molar-refractivity contribution in [3.05, 3.63) is 24.8 Å². The Morgan fingerprint density at radius 1 is 1.75 bits per heavy atom. The average Bonchev–Trinajstić information content (AvgIpc) is 2.04. The summed E-state index contributed by atoms with van der Waals surface area (Å²) in [6.07, 6.45) is 0.570. The Balaban J connectivity index is 3.85. The van der Waals surface area contributed by atoms with E-state index in [0.29, 0.717) is 5.57 Å². The second kappa shape index (κ2) is 5.55. The lowest BCUT2D eigenvalue weighted by Crippen LogP contribution is -2.23. The van der Waals surface area contributed by atoms with Crippen molar-refractivity contribution in [3.8, 4) is 0 Å². The minimum absolute atomic E-state index is 0.183. The van der Waals surface area contributed by atoms with Crippen LogP contribution in [0.2, 0.25) is 0 Å². The molecule has 68 valence electrons. The van der Waals surface area contributed by atoms with Gasteiger partial charge in [0.2, 0.25) is 0 Å². The van der Waals surface area contributed by atoms with Crippen molar-refractivity contribution >= 4 is 5.97 Å². The molecular formula is C9H14O3. The lowest BCUT2D eigenvalue weighted by molar-refractivity contribution is -0.152. The zero-order valence-corrected chi connectivity index (χ0v) is 7.25. The molecule has 0 unspecified atom stereocenters. The smallest absolute Gasteiger partial charge is 0.335 e. The van der Waals surface area contributed by atoms with E-state index in [1.165, 1.54) is 6.08 Å². The molecule has 0 spiro atoms. The number of aliphatic hydroxyl groups is 1. The van der Waals surface area contributed by atoms with E-state index in [1.807, 2.05) is 0 Å². The summed E-state index contributed by atoms with van der Waals surface area (Å²) in [7, 11) is 0. The Morgan fingerprint density at radius 3 is 2.75 bits per heavy atom. The summed E-state index contributed by atoms with van der Waals surface area (Å²) in [5.74, 6) is -0.611. The number of rotatable bonds is 5. The van der Waals surface area contributed by atoms with E-state index in [4.69, 9.17) is 5.11 Å². The molecule has 0 fully saturated rings. The lowest BCUT2D eigenvalue weighted by atomic mass is 10.1. The van der Waals surface area contributed by atoms with Crippen LogP contribution in [0.1, 0.15) is 13.3 Å². The quantitative estimate of drug-likeness (QED) is 0.495. The van der Waals surface area contributed by atoms with Gasteiger partial charge >= 0.3 is 5.97 Å². The van der Waals surface area contributed by atoms with Crippen LogP contribution < -0.4 is 0 Å². The third-order valence-corrected chi connectivity index (χ3v) is 1.30. The van der Waals surface area contributed by atoms with Crippen LogP contribution in [-0.4, -0.2) is 23.8 Å². The molecule has 1 N–H and O–H groups in total. The molecule has 3 nitrogen and oxygen atoms in total. The van der Waals surface area contributed by atoms with Gasteiger partial charge in [-0.2, -0.15) is 0 Å². The zero-order chi connectivity index (χ0) is 9.56. The van der Waals surface area contributed by atoms with Crippen molar-refractivity contribution < 1.29 is 14.6 Å². The molecule has 0 bridgehead atoms. The maximum absolute atomic E-state index is 10.8. The maximum Gasteiger partial charge on any atom is 0.335 e. The van der Waals surface area contributed by atoms with Crippen LogP contribution in [0.5, 0.6) is 0 Å². The Morgan fingerprint density at radius 2 is 2.33 bits per heavy atom. The Hall–Kier alpha value is -1.09. The summed E-state index contributed by atoms with van der Waals surface area (Å²) < 4.78 is 4.58. The normalized spacial score (nSPS) is 11.8. The molecule has 12 heavy (non-hydrogen) atoms. The zero-order valence-electron chi connectivity index (χ0n) is 7.25. The van der Waals surface area contributed by atoms with E-state index < -0.39 is 12.1 Å². The summed E-state index contributed by atoms with van der Waals surface area (Å²) in [6, 6.07) is 0. The van der Waals surface area contributed by atoms with Crippen LogP contribution in [0.4, 0.5) is 0 Å². The largest absolute Gasteiger partial charge is 0.464 e. The molecule has 0 rings (SSSR count).